The van der Waals surface area contributed by atoms with Crippen molar-refractivity contribution in [1.82, 2.24) is 25.7 Å². The minimum absolute atomic E-state index is 0.306. The van der Waals surface area contributed by atoms with E-state index in [0.717, 1.165) is 51.2 Å². The Morgan fingerprint density at radius 2 is 2.22 bits per heavy atom. The number of hydrazine groups is 1. The molecule has 7 nitrogen and oxygen atoms in total. The van der Waals surface area contributed by atoms with Crippen LogP contribution in [0.5, 0.6) is 0 Å². The number of nitrogens with one attached hydrogen (secondary N) is 3. The molecule has 0 saturated carbocycles. The smallest absolute Gasteiger partial charge is 0.222 e. The van der Waals surface area contributed by atoms with Crippen LogP contribution in [0.3, 0.4) is 0 Å². The summed E-state index contributed by atoms with van der Waals surface area (Å²) in [5.74, 6) is 1.32. The van der Waals surface area contributed by atoms with Gasteiger partial charge in [-0.3, -0.25) is 10.9 Å². The maximum atomic E-state index is 5.59. The second-order valence-corrected chi connectivity index (χ2v) is 6.70. The van der Waals surface area contributed by atoms with Crippen molar-refractivity contribution >= 4 is 5.95 Å². The topological polar surface area (TPSA) is 74.3 Å². The SMILES string of the molecule is CC1NNCC1CN(C)Cc1cnc(NCC2CCCO2)nc1. The summed E-state index contributed by atoms with van der Waals surface area (Å²) >= 11 is 0. The fraction of sp³-hybridized carbons (Fsp3) is 0.750. The fourth-order valence-electron chi connectivity index (χ4n) is 3.18. The summed E-state index contributed by atoms with van der Waals surface area (Å²) in [6.07, 6.45) is 6.41. The summed E-state index contributed by atoms with van der Waals surface area (Å²) in [6.45, 7) is 6.83. The number of aromatic nitrogens is 2. The van der Waals surface area contributed by atoms with Crippen LogP contribution in [-0.4, -0.2) is 60.3 Å². The van der Waals surface area contributed by atoms with Gasteiger partial charge in [-0.05, 0) is 26.8 Å². The third kappa shape index (κ3) is 4.84. The van der Waals surface area contributed by atoms with E-state index in [1.54, 1.807) is 0 Å². The van der Waals surface area contributed by atoms with Gasteiger partial charge in [-0.25, -0.2) is 9.97 Å². The number of anilines is 1. The highest BCUT2D eigenvalue weighted by Gasteiger charge is 2.23. The minimum atomic E-state index is 0.306. The molecule has 3 heterocycles. The van der Waals surface area contributed by atoms with Crippen molar-refractivity contribution in [3.05, 3.63) is 18.0 Å². The van der Waals surface area contributed by atoms with Crippen molar-refractivity contribution in [3.8, 4) is 0 Å². The Balaban J connectivity index is 1.43. The normalized spacial score (nSPS) is 27.7. The number of rotatable bonds is 7. The Morgan fingerprint density at radius 3 is 2.87 bits per heavy atom. The minimum Gasteiger partial charge on any atom is -0.376 e. The number of hydrogen-bond donors (Lipinski definition) is 3. The van der Waals surface area contributed by atoms with E-state index in [2.05, 4.69) is 45.0 Å². The Labute approximate surface area is 138 Å². The molecule has 2 aliphatic rings. The van der Waals surface area contributed by atoms with Crippen molar-refractivity contribution in [2.45, 2.75) is 38.5 Å². The van der Waals surface area contributed by atoms with E-state index in [9.17, 15) is 0 Å². The molecule has 2 fully saturated rings. The van der Waals surface area contributed by atoms with Crippen molar-refractivity contribution in [1.29, 1.82) is 0 Å². The molecule has 2 saturated heterocycles. The maximum absolute atomic E-state index is 5.59. The predicted octanol–water partition coefficient (Wildman–Crippen LogP) is 0.612. The zero-order valence-electron chi connectivity index (χ0n) is 14.1. The van der Waals surface area contributed by atoms with Gasteiger partial charge < -0.3 is 15.0 Å². The van der Waals surface area contributed by atoms with E-state index >= 15 is 0 Å². The van der Waals surface area contributed by atoms with Crippen LogP contribution in [-0.2, 0) is 11.3 Å². The Kier molecular flexibility index (Phi) is 5.77. The highest BCUT2D eigenvalue weighted by molar-refractivity contribution is 5.24. The molecule has 0 aliphatic carbocycles. The van der Waals surface area contributed by atoms with E-state index in [-0.39, 0.29) is 0 Å². The zero-order chi connectivity index (χ0) is 16.1. The number of hydrogen-bond acceptors (Lipinski definition) is 7. The molecule has 0 aromatic carbocycles. The van der Waals surface area contributed by atoms with Gasteiger partial charge in [0, 0.05) is 62.7 Å². The van der Waals surface area contributed by atoms with Crippen LogP contribution in [0.1, 0.15) is 25.3 Å². The summed E-state index contributed by atoms with van der Waals surface area (Å²) in [7, 11) is 2.15. The lowest BCUT2D eigenvalue weighted by atomic mass is 10.0. The molecule has 3 N–H and O–H groups in total. The second kappa shape index (κ2) is 8.01. The molecule has 3 unspecified atom stereocenters. The van der Waals surface area contributed by atoms with Gasteiger partial charge in [0.25, 0.3) is 0 Å². The van der Waals surface area contributed by atoms with Crippen LogP contribution < -0.4 is 16.2 Å². The quantitative estimate of drug-likeness (QED) is 0.680. The summed E-state index contributed by atoms with van der Waals surface area (Å²) in [6, 6.07) is 0.512. The predicted molar refractivity (Wildman–Crippen MR) is 89.9 cm³/mol. The molecule has 3 rings (SSSR count). The Morgan fingerprint density at radius 1 is 1.39 bits per heavy atom. The van der Waals surface area contributed by atoms with Gasteiger partial charge >= 0.3 is 0 Å². The third-order valence-electron chi connectivity index (χ3n) is 4.62. The van der Waals surface area contributed by atoms with Crippen LogP contribution in [0.25, 0.3) is 0 Å². The van der Waals surface area contributed by atoms with Crippen molar-refractivity contribution in [2.75, 3.05) is 38.6 Å². The van der Waals surface area contributed by atoms with E-state index in [4.69, 9.17) is 4.74 Å². The van der Waals surface area contributed by atoms with E-state index in [1.807, 2.05) is 12.4 Å². The molecule has 7 heteroatoms. The molecule has 128 valence electrons. The van der Waals surface area contributed by atoms with Crippen LogP contribution in [0.4, 0.5) is 5.95 Å². The summed E-state index contributed by atoms with van der Waals surface area (Å²) in [4.78, 5) is 11.1. The molecule has 0 amide bonds. The highest BCUT2D eigenvalue weighted by atomic mass is 16.5. The van der Waals surface area contributed by atoms with Gasteiger partial charge in [0.05, 0.1) is 6.10 Å². The monoisotopic (exact) mass is 320 g/mol. The maximum Gasteiger partial charge on any atom is 0.222 e. The first kappa shape index (κ1) is 16.6. The van der Waals surface area contributed by atoms with Crippen LogP contribution in [0.15, 0.2) is 12.4 Å². The first-order chi connectivity index (χ1) is 11.2. The fourth-order valence-corrected chi connectivity index (χ4v) is 3.18. The van der Waals surface area contributed by atoms with Crippen LogP contribution in [0.2, 0.25) is 0 Å². The van der Waals surface area contributed by atoms with Crippen molar-refractivity contribution < 1.29 is 4.74 Å². The molecular weight excluding hydrogens is 292 g/mol. The molecule has 3 atom stereocenters. The lowest BCUT2D eigenvalue weighted by Crippen LogP contribution is -2.33. The van der Waals surface area contributed by atoms with Gasteiger partial charge in [0.1, 0.15) is 0 Å². The molecule has 1 aromatic rings. The molecular formula is C16H28N6O. The van der Waals surface area contributed by atoms with Gasteiger partial charge in [0.2, 0.25) is 5.95 Å². The van der Waals surface area contributed by atoms with E-state index in [0.29, 0.717) is 24.0 Å². The summed E-state index contributed by atoms with van der Waals surface area (Å²) < 4.78 is 5.59. The Hall–Kier alpha value is -1.28. The van der Waals surface area contributed by atoms with Crippen molar-refractivity contribution in [3.63, 3.8) is 0 Å². The molecule has 0 spiro atoms. The number of nitrogens with zero attached hydrogens (tertiary/aromatic N) is 3. The number of ether oxygens (including phenoxy) is 1. The summed E-state index contributed by atoms with van der Waals surface area (Å²) in [5.41, 5.74) is 7.62. The highest BCUT2D eigenvalue weighted by Crippen LogP contribution is 2.13. The molecule has 1 aromatic heterocycles. The largest absolute Gasteiger partial charge is 0.376 e. The molecule has 0 bridgehead atoms. The average molecular weight is 320 g/mol. The molecule has 23 heavy (non-hydrogen) atoms. The first-order valence-corrected chi connectivity index (χ1v) is 8.54. The first-order valence-electron chi connectivity index (χ1n) is 8.54. The van der Waals surface area contributed by atoms with Crippen molar-refractivity contribution in [2.24, 2.45) is 5.92 Å². The Bertz CT molecular complexity index is 476. The molecule has 0 radical (unpaired) electrons. The van der Waals surface area contributed by atoms with Gasteiger partial charge in [-0.1, -0.05) is 0 Å². The third-order valence-corrected chi connectivity index (χ3v) is 4.62. The van der Waals surface area contributed by atoms with Gasteiger partial charge in [-0.15, -0.1) is 0 Å². The summed E-state index contributed by atoms with van der Waals surface area (Å²) in [5, 5.41) is 3.25. The van der Waals surface area contributed by atoms with Gasteiger partial charge in [0.15, 0.2) is 0 Å². The zero-order valence-corrected chi connectivity index (χ0v) is 14.1. The van der Waals surface area contributed by atoms with Gasteiger partial charge in [-0.2, -0.15) is 0 Å². The van der Waals surface area contributed by atoms with Crippen LogP contribution >= 0.6 is 0 Å². The molecule has 2 aliphatic heterocycles. The van der Waals surface area contributed by atoms with E-state index in [1.165, 1.54) is 0 Å². The lowest BCUT2D eigenvalue weighted by molar-refractivity contribution is 0.120. The van der Waals surface area contributed by atoms with E-state index < -0.39 is 0 Å². The second-order valence-electron chi connectivity index (χ2n) is 6.70. The lowest BCUT2D eigenvalue weighted by Gasteiger charge is -2.22. The average Bonchev–Trinajstić information content (AvgIpc) is 3.19. The standard InChI is InChI=1S/C16H28N6O/c1-12-14(8-20-21-12)11-22(2)10-13-6-17-16(18-7-13)19-9-15-4-3-5-23-15/h6-7,12,14-15,20-21H,3-5,8-11H2,1-2H3,(H,17,18,19). The van der Waals surface area contributed by atoms with Crippen LogP contribution in [0, 0.1) is 5.92 Å².